The highest BCUT2D eigenvalue weighted by Gasteiger charge is 2.20. The summed E-state index contributed by atoms with van der Waals surface area (Å²) in [6.07, 6.45) is 0.243. The average molecular weight is 290 g/mol. The number of thiophene rings is 1. The summed E-state index contributed by atoms with van der Waals surface area (Å²) in [6.45, 7) is 0. The number of carbonyl (C=O) groups excluding carboxylic acids is 1. The van der Waals surface area contributed by atoms with E-state index < -0.39 is 18.0 Å². The van der Waals surface area contributed by atoms with Gasteiger partial charge in [-0.2, -0.15) is 11.3 Å². The summed E-state index contributed by atoms with van der Waals surface area (Å²) in [5, 5.41) is 17.8. The van der Waals surface area contributed by atoms with E-state index in [4.69, 9.17) is 5.11 Å². The van der Waals surface area contributed by atoms with Crippen LogP contribution >= 0.6 is 11.3 Å². The first-order valence-corrected chi connectivity index (χ1v) is 6.96. The number of nitrogens with one attached hydrogen (secondary N) is 2. The molecule has 104 valence electrons. The zero-order valence-corrected chi connectivity index (χ0v) is 11.4. The van der Waals surface area contributed by atoms with Crippen molar-refractivity contribution in [2.24, 2.45) is 0 Å². The second-order valence-electron chi connectivity index (χ2n) is 4.19. The van der Waals surface area contributed by atoms with Crippen LogP contribution in [0.4, 0.5) is 10.5 Å². The SMILES string of the molecule is O=C(Nc1ccsc1)NC(Cc1ccccc1)C(=O)O. The van der Waals surface area contributed by atoms with Crippen LogP contribution < -0.4 is 10.6 Å². The minimum atomic E-state index is -1.06. The van der Waals surface area contributed by atoms with Crippen LogP contribution in [0.3, 0.4) is 0 Å². The number of carbonyl (C=O) groups is 2. The third-order valence-electron chi connectivity index (χ3n) is 2.67. The minimum absolute atomic E-state index is 0.243. The van der Waals surface area contributed by atoms with Crippen LogP contribution in [0.1, 0.15) is 5.56 Å². The first-order valence-electron chi connectivity index (χ1n) is 6.01. The Morgan fingerprint density at radius 1 is 1.20 bits per heavy atom. The van der Waals surface area contributed by atoms with E-state index in [9.17, 15) is 9.59 Å². The number of amides is 2. The molecule has 3 N–H and O–H groups in total. The van der Waals surface area contributed by atoms with E-state index in [0.29, 0.717) is 5.69 Å². The molecule has 5 nitrogen and oxygen atoms in total. The van der Waals surface area contributed by atoms with E-state index in [1.165, 1.54) is 11.3 Å². The van der Waals surface area contributed by atoms with Crippen molar-refractivity contribution in [2.75, 3.05) is 5.32 Å². The number of carboxylic acid groups (broad SMARTS) is 1. The zero-order chi connectivity index (χ0) is 14.4. The van der Waals surface area contributed by atoms with Crippen molar-refractivity contribution in [1.29, 1.82) is 0 Å². The smallest absolute Gasteiger partial charge is 0.326 e. The number of aliphatic carboxylic acids is 1. The van der Waals surface area contributed by atoms with Crippen molar-refractivity contribution in [2.45, 2.75) is 12.5 Å². The normalized spacial score (nSPS) is 11.6. The highest BCUT2D eigenvalue weighted by molar-refractivity contribution is 7.08. The van der Waals surface area contributed by atoms with E-state index >= 15 is 0 Å². The second kappa shape index (κ2) is 6.72. The molecule has 0 fully saturated rings. The van der Waals surface area contributed by atoms with Gasteiger partial charge in [-0.3, -0.25) is 0 Å². The molecule has 1 heterocycles. The lowest BCUT2D eigenvalue weighted by molar-refractivity contribution is -0.139. The van der Waals surface area contributed by atoms with Crippen LogP contribution in [0, 0.1) is 0 Å². The molecule has 0 bridgehead atoms. The lowest BCUT2D eigenvalue weighted by Crippen LogP contribution is -2.44. The third kappa shape index (κ3) is 4.10. The molecule has 2 aromatic rings. The van der Waals surface area contributed by atoms with E-state index in [2.05, 4.69) is 10.6 Å². The van der Waals surface area contributed by atoms with E-state index in [0.717, 1.165) is 5.56 Å². The highest BCUT2D eigenvalue weighted by Crippen LogP contribution is 2.11. The molecule has 0 saturated heterocycles. The number of carboxylic acids is 1. The number of hydrogen-bond acceptors (Lipinski definition) is 3. The Labute approximate surface area is 120 Å². The van der Waals surface area contributed by atoms with Gasteiger partial charge in [0.2, 0.25) is 0 Å². The maximum Gasteiger partial charge on any atom is 0.326 e. The Morgan fingerprint density at radius 3 is 2.55 bits per heavy atom. The Morgan fingerprint density at radius 2 is 1.95 bits per heavy atom. The molecule has 0 spiro atoms. The topological polar surface area (TPSA) is 78.4 Å². The van der Waals surface area contributed by atoms with E-state index in [1.807, 2.05) is 35.7 Å². The molecule has 0 saturated carbocycles. The first-order chi connectivity index (χ1) is 9.65. The molecule has 1 unspecified atom stereocenters. The second-order valence-corrected chi connectivity index (χ2v) is 4.97. The van der Waals surface area contributed by atoms with Crippen molar-refractivity contribution in [1.82, 2.24) is 5.32 Å². The lowest BCUT2D eigenvalue weighted by Gasteiger charge is -2.14. The summed E-state index contributed by atoms with van der Waals surface area (Å²) in [5.41, 5.74) is 1.51. The van der Waals surface area contributed by atoms with Gasteiger partial charge in [-0.25, -0.2) is 9.59 Å². The molecule has 2 amide bonds. The predicted octanol–water partition coefficient (Wildman–Crippen LogP) is 2.57. The lowest BCUT2D eigenvalue weighted by atomic mass is 10.1. The average Bonchev–Trinajstić information content (AvgIpc) is 2.92. The minimum Gasteiger partial charge on any atom is -0.480 e. The van der Waals surface area contributed by atoms with Crippen LogP contribution in [0.25, 0.3) is 0 Å². The molecular formula is C14H14N2O3S. The van der Waals surface area contributed by atoms with Gasteiger partial charge in [0.05, 0.1) is 5.69 Å². The predicted molar refractivity (Wildman–Crippen MR) is 78.0 cm³/mol. The highest BCUT2D eigenvalue weighted by atomic mass is 32.1. The van der Waals surface area contributed by atoms with Gasteiger partial charge >= 0.3 is 12.0 Å². The maximum atomic E-state index is 11.7. The third-order valence-corrected chi connectivity index (χ3v) is 3.35. The van der Waals surface area contributed by atoms with Crippen LogP contribution in [0.2, 0.25) is 0 Å². The molecule has 1 atom stereocenters. The van der Waals surface area contributed by atoms with Crippen molar-refractivity contribution in [3.05, 3.63) is 52.7 Å². The summed E-state index contributed by atoms with van der Waals surface area (Å²) in [4.78, 5) is 22.9. The Bertz CT molecular complexity index is 569. The van der Waals surface area contributed by atoms with E-state index in [1.54, 1.807) is 11.4 Å². The molecule has 20 heavy (non-hydrogen) atoms. The van der Waals surface area contributed by atoms with Crippen LogP contribution in [-0.4, -0.2) is 23.1 Å². The van der Waals surface area contributed by atoms with Crippen molar-refractivity contribution in [3.8, 4) is 0 Å². The van der Waals surface area contributed by atoms with Crippen LogP contribution in [0.5, 0.6) is 0 Å². The molecule has 0 aliphatic rings. The monoisotopic (exact) mass is 290 g/mol. The Balaban J connectivity index is 1.95. The first kappa shape index (κ1) is 14.1. The van der Waals surface area contributed by atoms with Gasteiger partial charge in [-0.1, -0.05) is 30.3 Å². The largest absolute Gasteiger partial charge is 0.480 e. The molecular weight excluding hydrogens is 276 g/mol. The van der Waals surface area contributed by atoms with Gasteiger partial charge in [0, 0.05) is 11.8 Å². The summed E-state index contributed by atoms with van der Waals surface area (Å²) in [5.74, 6) is -1.06. The molecule has 6 heteroatoms. The molecule has 0 aliphatic heterocycles. The molecule has 1 aromatic heterocycles. The van der Waals surface area contributed by atoms with Gasteiger partial charge in [0.1, 0.15) is 6.04 Å². The summed E-state index contributed by atoms with van der Waals surface area (Å²) in [7, 11) is 0. The van der Waals surface area contributed by atoms with Crippen LogP contribution in [0.15, 0.2) is 47.2 Å². The summed E-state index contributed by atoms with van der Waals surface area (Å²) >= 11 is 1.45. The number of urea groups is 1. The van der Waals surface area contributed by atoms with Gasteiger partial charge in [-0.05, 0) is 17.0 Å². The van der Waals surface area contributed by atoms with Crippen molar-refractivity contribution >= 4 is 29.0 Å². The molecule has 1 aromatic carbocycles. The van der Waals surface area contributed by atoms with Crippen LogP contribution in [-0.2, 0) is 11.2 Å². The summed E-state index contributed by atoms with van der Waals surface area (Å²) in [6, 6.07) is 9.44. The summed E-state index contributed by atoms with van der Waals surface area (Å²) < 4.78 is 0. The number of rotatable bonds is 5. The zero-order valence-electron chi connectivity index (χ0n) is 10.6. The molecule has 2 rings (SSSR count). The standard InChI is InChI=1S/C14H14N2O3S/c17-13(18)12(8-10-4-2-1-3-5-10)16-14(19)15-11-6-7-20-9-11/h1-7,9,12H,8H2,(H,17,18)(H2,15,16,19). The fraction of sp³-hybridized carbons (Fsp3) is 0.143. The maximum absolute atomic E-state index is 11.7. The Kier molecular flexibility index (Phi) is 4.73. The quantitative estimate of drug-likeness (QED) is 0.792. The molecule has 0 radical (unpaired) electrons. The Hall–Kier alpha value is -2.34. The van der Waals surface area contributed by atoms with Gasteiger partial charge in [0.25, 0.3) is 0 Å². The number of benzene rings is 1. The van der Waals surface area contributed by atoms with Gasteiger partial charge in [0.15, 0.2) is 0 Å². The van der Waals surface area contributed by atoms with Gasteiger partial charge < -0.3 is 15.7 Å². The fourth-order valence-electron chi connectivity index (χ4n) is 1.71. The van der Waals surface area contributed by atoms with Gasteiger partial charge in [-0.15, -0.1) is 0 Å². The molecule has 0 aliphatic carbocycles. The van der Waals surface area contributed by atoms with E-state index in [-0.39, 0.29) is 6.42 Å². The fourth-order valence-corrected chi connectivity index (χ4v) is 2.30. The number of hydrogen-bond donors (Lipinski definition) is 3. The number of anilines is 1. The van der Waals surface area contributed by atoms with Crippen molar-refractivity contribution < 1.29 is 14.7 Å². The van der Waals surface area contributed by atoms with Crippen molar-refractivity contribution in [3.63, 3.8) is 0 Å².